The van der Waals surface area contributed by atoms with Gasteiger partial charge in [0.15, 0.2) is 4.90 Å². The van der Waals surface area contributed by atoms with Crippen LogP contribution in [0.25, 0.3) is 0 Å². The van der Waals surface area contributed by atoms with E-state index in [9.17, 15) is 18.0 Å². The SMILES string of the molecule is Cn1c(=O)[nH]cc(S(=O)(=O)Cl)c1=O. The first-order chi connectivity index (χ1) is 5.84. The molecule has 1 aromatic heterocycles. The highest BCUT2D eigenvalue weighted by Gasteiger charge is 2.16. The van der Waals surface area contributed by atoms with E-state index in [1.807, 2.05) is 0 Å². The maximum Gasteiger partial charge on any atom is 0.328 e. The zero-order valence-corrected chi connectivity index (χ0v) is 8.02. The summed E-state index contributed by atoms with van der Waals surface area (Å²) >= 11 is 0. The second-order valence-electron chi connectivity index (χ2n) is 2.26. The molecule has 0 fully saturated rings. The van der Waals surface area contributed by atoms with Crippen molar-refractivity contribution in [1.82, 2.24) is 9.55 Å². The summed E-state index contributed by atoms with van der Waals surface area (Å²) < 4.78 is 22.1. The normalized spacial score (nSPS) is 11.5. The van der Waals surface area contributed by atoms with Crippen LogP contribution in [0.3, 0.4) is 0 Å². The minimum atomic E-state index is -4.10. The van der Waals surface area contributed by atoms with E-state index in [-0.39, 0.29) is 0 Å². The third kappa shape index (κ3) is 1.81. The van der Waals surface area contributed by atoms with E-state index >= 15 is 0 Å². The summed E-state index contributed by atoms with van der Waals surface area (Å²) in [5, 5.41) is 0. The average molecular weight is 225 g/mol. The van der Waals surface area contributed by atoms with Gasteiger partial charge in [0.25, 0.3) is 14.6 Å². The molecule has 1 rings (SSSR count). The Morgan fingerprint density at radius 3 is 2.46 bits per heavy atom. The fourth-order valence-electron chi connectivity index (χ4n) is 0.718. The molecule has 72 valence electrons. The van der Waals surface area contributed by atoms with E-state index in [0.717, 1.165) is 13.2 Å². The first-order valence-electron chi connectivity index (χ1n) is 3.07. The Hall–Kier alpha value is -1.08. The molecule has 0 aliphatic heterocycles. The molecule has 13 heavy (non-hydrogen) atoms. The van der Waals surface area contributed by atoms with Gasteiger partial charge in [-0.1, -0.05) is 0 Å². The van der Waals surface area contributed by atoms with Gasteiger partial charge in [-0.05, 0) is 0 Å². The molecular formula is C5H5ClN2O4S. The maximum atomic E-state index is 11.1. The van der Waals surface area contributed by atoms with Gasteiger partial charge in [0.05, 0.1) is 0 Å². The van der Waals surface area contributed by atoms with E-state index in [0.29, 0.717) is 4.57 Å². The van der Waals surface area contributed by atoms with Crippen LogP contribution < -0.4 is 11.2 Å². The van der Waals surface area contributed by atoms with E-state index in [4.69, 9.17) is 10.7 Å². The van der Waals surface area contributed by atoms with Crippen molar-refractivity contribution in [2.24, 2.45) is 7.05 Å². The summed E-state index contributed by atoms with van der Waals surface area (Å²) in [5.41, 5.74) is -1.65. The topological polar surface area (TPSA) is 89.0 Å². The lowest BCUT2D eigenvalue weighted by molar-refractivity contribution is 0.604. The van der Waals surface area contributed by atoms with E-state index in [2.05, 4.69) is 4.98 Å². The van der Waals surface area contributed by atoms with Crippen LogP contribution in [-0.4, -0.2) is 18.0 Å². The third-order valence-corrected chi connectivity index (χ3v) is 2.73. The summed E-state index contributed by atoms with van der Waals surface area (Å²) in [5.74, 6) is 0. The number of hydrogen-bond acceptors (Lipinski definition) is 4. The highest BCUT2D eigenvalue weighted by Crippen LogP contribution is 2.06. The Balaban J connectivity index is 3.74. The Morgan fingerprint density at radius 2 is 2.00 bits per heavy atom. The van der Waals surface area contributed by atoms with Crippen molar-refractivity contribution in [3.8, 4) is 0 Å². The molecule has 1 heterocycles. The summed E-state index contributed by atoms with van der Waals surface area (Å²) in [6.07, 6.45) is 0.771. The van der Waals surface area contributed by atoms with Crippen LogP contribution in [0, 0.1) is 0 Å². The molecule has 0 atom stereocenters. The average Bonchev–Trinajstić information content (AvgIpc) is 1.98. The fourth-order valence-corrected chi connectivity index (χ4v) is 1.59. The number of H-pyrrole nitrogens is 1. The minimum Gasteiger partial charge on any atom is -0.313 e. The van der Waals surface area contributed by atoms with Crippen LogP contribution in [0.1, 0.15) is 0 Å². The number of aromatic amines is 1. The van der Waals surface area contributed by atoms with Gasteiger partial charge >= 0.3 is 5.69 Å². The Morgan fingerprint density at radius 1 is 1.46 bits per heavy atom. The number of halogens is 1. The second-order valence-corrected chi connectivity index (χ2v) is 4.79. The predicted octanol–water partition coefficient (Wildman–Crippen LogP) is -0.999. The summed E-state index contributed by atoms with van der Waals surface area (Å²) in [7, 11) is 1.97. The van der Waals surface area contributed by atoms with Crippen LogP contribution in [0.4, 0.5) is 0 Å². The number of hydrogen-bond donors (Lipinski definition) is 1. The summed E-state index contributed by atoms with van der Waals surface area (Å²) in [6.45, 7) is 0. The first kappa shape index (κ1) is 10.0. The monoisotopic (exact) mass is 224 g/mol. The molecule has 0 aliphatic carbocycles. The van der Waals surface area contributed by atoms with Crippen LogP contribution in [-0.2, 0) is 16.1 Å². The molecule has 6 nitrogen and oxygen atoms in total. The minimum absolute atomic E-state index is 0.620. The first-order valence-corrected chi connectivity index (χ1v) is 5.38. The highest BCUT2D eigenvalue weighted by atomic mass is 35.7. The molecule has 0 bridgehead atoms. The van der Waals surface area contributed by atoms with Crippen molar-refractivity contribution in [1.29, 1.82) is 0 Å². The van der Waals surface area contributed by atoms with Gasteiger partial charge in [-0.15, -0.1) is 0 Å². The van der Waals surface area contributed by atoms with Crippen LogP contribution in [0.5, 0.6) is 0 Å². The van der Waals surface area contributed by atoms with E-state index in [1.54, 1.807) is 0 Å². The Kier molecular flexibility index (Phi) is 2.31. The number of nitrogens with one attached hydrogen (secondary N) is 1. The molecule has 0 amide bonds. The van der Waals surface area contributed by atoms with Gasteiger partial charge in [-0.25, -0.2) is 13.2 Å². The third-order valence-electron chi connectivity index (χ3n) is 1.41. The molecule has 0 saturated carbocycles. The Bertz CT molecular complexity index is 540. The fraction of sp³-hybridized carbons (Fsp3) is 0.200. The molecule has 0 aliphatic rings. The Labute approximate surface area is 77.2 Å². The number of aromatic nitrogens is 2. The van der Waals surface area contributed by atoms with Crippen LogP contribution in [0.2, 0.25) is 0 Å². The highest BCUT2D eigenvalue weighted by molar-refractivity contribution is 8.13. The lowest BCUT2D eigenvalue weighted by Gasteiger charge is -1.97. The van der Waals surface area contributed by atoms with Crippen molar-refractivity contribution in [2.75, 3.05) is 0 Å². The van der Waals surface area contributed by atoms with Gasteiger partial charge in [-0.2, -0.15) is 0 Å². The molecule has 1 N–H and O–H groups in total. The zero-order valence-electron chi connectivity index (χ0n) is 6.44. The molecule has 0 spiro atoms. The van der Waals surface area contributed by atoms with E-state index in [1.165, 1.54) is 0 Å². The summed E-state index contributed by atoms with van der Waals surface area (Å²) in [6, 6.07) is 0. The van der Waals surface area contributed by atoms with Crippen molar-refractivity contribution in [3.63, 3.8) is 0 Å². The smallest absolute Gasteiger partial charge is 0.313 e. The van der Waals surface area contributed by atoms with Gasteiger partial charge in [0, 0.05) is 23.9 Å². The van der Waals surface area contributed by atoms with E-state index < -0.39 is 25.2 Å². The molecule has 0 unspecified atom stereocenters. The molecule has 8 heteroatoms. The van der Waals surface area contributed by atoms with Gasteiger partial charge in [0.2, 0.25) is 0 Å². The van der Waals surface area contributed by atoms with Gasteiger partial charge < -0.3 is 4.98 Å². The molecule has 0 saturated heterocycles. The van der Waals surface area contributed by atoms with Crippen molar-refractivity contribution in [2.45, 2.75) is 4.90 Å². The second kappa shape index (κ2) is 3.00. The molecule has 0 radical (unpaired) electrons. The molecule has 1 aromatic rings. The number of rotatable bonds is 1. The lowest BCUT2D eigenvalue weighted by atomic mass is 10.6. The van der Waals surface area contributed by atoms with Gasteiger partial charge in [-0.3, -0.25) is 9.36 Å². The van der Waals surface area contributed by atoms with Crippen molar-refractivity contribution < 1.29 is 8.42 Å². The van der Waals surface area contributed by atoms with Crippen LogP contribution >= 0.6 is 10.7 Å². The largest absolute Gasteiger partial charge is 0.328 e. The van der Waals surface area contributed by atoms with Crippen molar-refractivity contribution in [3.05, 3.63) is 27.0 Å². The lowest BCUT2D eigenvalue weighted by Crippen LogP contribution is -2.34. The van der Waals surface area contributed by atoms with Gasteiger partial charge in [0.1, 0.15) is 0 Å². The predicted molar refractivity (Wildman–Crippen MR) is 45.3 cm³/mol. The number of nitrogens with zero attached hydrogens (tertiary/aromatic N) is 1. The van der Waals surface area contributed by atoms with Crippen LogP contribution in [0.15, 0.2) is 20.7 Å². The molecule has 0 aromatic carbocycles. The zero-order chi connectivity index (χ0) is 10.2. The quantitative estimate of drug-likeness (QED) is 0.620. The molecular weight excluding hydrogens is 220 g/mol. The maximum absolute atomic E-state index is 11.1. The van der Waals surface area contributed by atoms with Crippen molar-refractivity contribution >= 4 is 19.7 Å². The summed E-state index contributed by atoms with van der Waals surface area (Å²) in [4.78, 5) is 23.3. The standard InChI is InChI=1S/C5H5ClN2O4S/c1-8-4(9)3(13(6,11)12)2-7-5(8)10/h2H,1H3,(H,7,10).